The molecule has 2 heterocycles. The lowest BCUT2D eigenvalue weighted by atomic mass is 10.0. The number of carbonyl (C=O) groups excluding carboxylic acids is 1. The zero-order chi connectivity index (χ0) is 18.0. The third-order valence-electron chi connectivity index (χ3n) is 4.05. The van der Waals surface area contributed by atoms with Gasteiger partial charge < -0.3 is 9.73 Å². The number of carbonyl (C=O) groups is 1. The van der Waals surface area contributed by atoms with Crippen molar-refractivity contribution in [2.24, 2.45) is 0 Å². The summed E-state index contributed by atoms with van der Waals surface area (Å²) in [6.45, 7) is 5.21. The molecule has 0 aliphatic rings. The van der Waals surface area contributed by atoms with Gasteiger partial charge in [0.05, 0.1) is 6.26 Å². The molecule has 0 aliphatic heterocycles. The Morgan fingerprint density at radius 1 is 1.12 bits per heavy atom. The van der Waals surface area contributed by atoms with Gasteiger partial charge in [-0.1, -0.05) is 18.2 Å². The van der Waals surface area contributed by atoms with Gasteiger partial charge in [0.1, 0.15) is 11.2 Å². The Bertz CT molecular complexity index is 956. The second-order valence-electron chi connectivity index (χ2n) is 6.27. The first-order chi connectivity index (χ1) is 11.9. The van der Waals surface area contributed by atoms with Gasteiger partial charge in [0.15, 0.2) is 5.76 Å². The van der Waals surface area contributed by atoms with Gasteiger partial charge in [0, 0.05) is 11.8 Å². The maximum Gasteiger partial charge on any atom is 0.267 e. The van der Waals surface area contributed by atoms with E-state index in [1.165, 1.54) is 17.0 Å². The molecule has 0 radical (unpaired) electrons. The number of rotatable bonds is 4. The quantitative estimate of drug-likeness (QED) is 0.793. The molecule has 0 atom stereocenters. The lowest BCUT2D eigenvalue weighted by Crippen LogP contribution is -2.47. The number of furan rings is 1. The van der Waals surface area contributed by atoms with Gasteiger partial charge in [-0.3, -0.25) is 9.59 Å². The number of anilines is 1. The van der Waals surface area contributed by atoms with Gasteiger partial charge in [0.25, 0.3) is 11.5 Å². The highest BCUT2D eigenvalue weighted by molar-refractivity contribution is 5.96. The van der Waals surface area contributed by atoms with E-state index >= 15 is 0 Å². The van der Waals surface area contributed by atoms with E-state index in [0.29, 0.717) is 17.1 Å². The summed E-state index contributed by atoms with van der Waals surface area (Å²) in [6.07, 6.45) is 1.53. The van der Waals surface area contributed by atoms with Gasteiger partial charge in [-0.2, -0.15) is 5.10 Å². The van der Waals surface area contributed by atoms with Gasteiger partial charge in [-0.05, 0) is 50.6 Å². The molecule has 3 rings (SSSR count). The fraction of sp³-hybridized carbons (Fsp3) is 0.211. The molecule has 3 aromatic rings. The Balaban J connectivity index is 1.96. The number of benzene rings is 1. The van der Waals surface area contributed by atoms with Gasteiger partial charge in [-0.15, -0.1) is 0 Å². The summed E-state index contributed by atoms with van der Waals surface area (Å²) in [6, 6.07) is 13.9. The normalized spacial score (nSPS) is 11.3. The van der Waals surface area contributed by atoms with Crippen molar-refractivity contribution in [3.8, 4) is 11.5 Å². The maximum absolute atomic E-state index is 12.8. The van der Waals surface area contributed by atoms with Gasteiger partial charge >= 0.3 is 0 Å². The van der Waals surface area contributed by atoms with Crippen molar-refractivity contribution in [2.45, 2.75) is 26.3 Å². The van der Waals surface area contributed by atoms with E-state index in [2.05, 4.69) is 10.4 Å². The van der Waals surface area contributed by atoms with Crippen molar-refractivity contribution in [2.75, 3.05) is 5.32 Å². The molecule has 0 spiro atoms. The Kier molecular flexibility index (Phi) is 4.27. The molecular weight excluding hydrogens is 318 g/mol. The van der Waals surface area contributed by atoms with Crippen LogP contribution in [0.25, 0.3) is 11.5 Å². The molecule has 0 saturated heterocycles. The first-order valence-corrected chi connectivity index (χ1v) is 7.91. The van der Waals surface area contributed by atoms with Crippen molar-refractivity contribution in [1.29, 1.82) is 0 Å². The van der Waals surface area contributed by atoms with Crippen LogP contribution in [0.4, 0.5) is 5.69 Å². The van der Waals surface area contributed by atoms with Crippen LogP contribution in [0.5, 0.6) is 0 Å². The minimum Gasteiger partial charge on any atom is -0.463 e. The molecule has 0 bridgehead atoms. The number of aryl methyl sites for hydroxylation is 1. The second-order valence-corrected chi connectivity index (χ2v) is 6.27. The molecule has 0 unspecified atom stereocenters. The lowest BCUT2D eigenvalue weighted by Gasteiger charge is -2.25. The molecule has 0 fully saturated rings. The monoisotopic (exact) mass is 337 g/mol. The Morgan fingerprint density at radius 3 is 2.56 bits per heavy atom. The number of aromatic nitrogens is 2. The minimum atomic E-state index is -1.18. The molecule has 128 valence electrons. The summed E-state index contributed by atoms with van der Waals surface area (Å²) in [4.78, 5) is 25.1. The highest BCUT2D eigenvalue weighted by Gasteiger charge is 2.32. The number of hydrogen-bond donors (Lipinski definition) is 1. The predicted molar refractivity (Wildman–Crippen MR) is 95.3 cm³/mol. The van der Waals surface area contributed by atoms with Crippen molar-refractivity contribution >= 4 is 11.6 Å². The van der Waals surface area contributed by atoms with Gasteiger partial charge in [0.2, 0.25) is 0 Å². The summed E-state index contributed by atoms with van der Waals surface area (Å²) in [5.41, 5.74) is 0.593. The van der Waals surface area contributed by atoms with E-state index in [1.54, 1.807) is 32.0 Å². The summed E-state index contributed by atoms with van der Waals surface area (Å²) in [7, 11) is 0. The van der Waals surface area contributed by atoms with E-state index in [4.69, 9.17) is 4.42 Å². The molecule has 2 aromatic heterocycles. The van der Waals surface area contributed by atoms with Crippen LogP contribution in [0.1, 0.15) is 19.4 Å². The number of nitrogens with zero attached hydrogens (tertiary/aromatic N) is 2. The Labute approximate surface area is 145 Å². The fourth-order valence-corrected chi connectivity index (χ4v) is 2.45. The SMILES string of the molecule is Cc1ccccc1NC(=O)C(C)(C)n1nc(-c2ccco2)ccc1=O. The van der Waals surface area contributed by atoms with Crippen LogP contribution in [0.2, 0.25) is 0 Å². The van der Waals surface area contributed by atoms with Crippen molar-refractivity contribution in [3.63, 3.8) is 0 Å². The molecule has 25 heavy (non-hydrogen) atoms. The average Bonchev–Trinajstić information content (AvgIpc) is 3.11. The molecule has 0 saturated carbocycles. The molecule has 0 aliphatic carbocycles. The number of amides is 1. The fourth-order valence-electron chi connectivity index (χ4n) is 2.45. The molecule has 1 aromatic carbocycles. The minimum absolute atomic E-state index is 0.326. The number of para-hydroxylation sites is 1. The third-order valence-corrected chi connectivity index (χ3v) is 4.05. The average molecular weight is 337 g/mol. The molecule has 1 N–H and O–H groups in total. The largest absolute Gasteiger partial charge is 0.463 e. The number of hydrogen-bond acceptors (Lipinski definition) is 4. The zero-order valence-corrected chi connectivity index (χ0v) is 14.3. The first kappa shape index (κ1) is 16.7. The van der Waals surface area contributed by atoms with Crippen molar-refractivity contribution in [1.82, 2.24) is 9.78 Å². The summed E-state index contributed by atoms with van der Waals surface area (Å²) >= 11 is 0. The maximum atomic E-state index is 12.8. The molecule has 6 nitrogen and oxygen atoms in total. The summed E-state index contributed by atoms with van der Waals surface area (Å²) < 4.78 is 6.50. The van der Waals surface area contributed by atoms with Crippen LogP contribution in [-0.2, 0) is 10.3 Å². The van der Waals surface area contributed by atoms with E-state index < -0.39 is 5.54 Å². The van der Waals surface area contributed by atoms with E-state index in [-0.39, 0.29) is 11.5 Å². The second kappa shape index (κ2) is 6.39. The highest BCUT2D eigenvalue weighted by Crippen LogP contribution is 2.21. The Hall–Kier alpha value is -3.15. The predicted octanol–water partition coefficient (Wildman–Crippen LogP) is 3.19. The highest BCUT2D eigenvalue weighted by atomic mass is 16.3. The topological polar surface area (TPSA) is 77.1 Å². The van der Waals surface area contributed by atoms with Gasteiger partial charge in [-0.25, -0.2) is 4.68 Å². The molecular formula is C19H19N3O3. The standard InChI is InChI=1S/C19H19N3O3/c1-13-7-4-5-8-14(13)20-18(24)19(2,3)22-17(23)11-10-15(21-22)16-9-6-12-25-16/h4-12H,1-3H3,(H,20,24). The lowest BCUT2D eigenvalue weighted by molar-refractivity contribution is -0.123. The van der Waals surface area contributed by atoms with E-state index in [1.807, 2.05) is 31.2 Å². The van der Waals surface area contributed by atoms with E-state index in [9.17, 15) is 9.59 Å². The van der Waals surface area contributed by atoms with Crippen molar-refractivity contribution in [3.05, 3.63) is 70.7 Å². The van der Waals surface area contributed by atoms with Crippen LogP contribution in [0.3, 0.4) is 0 Å². The summed E-state index contributed by atoms with van der Waals surface area (Å²) in [5, 5.41) is 7.19. The smallest absolute Gasteiger partial charge is 0.267 e. The van der Waals surface area contributed by atoms with Crippen LogP contribution < -0.4 is 10.9 Å². The molecule has 1 amide bonds. The summed E-state index contributed by atoms with van der Waals surface area (Å²) in [5.74, 6) is 0.205. The first-order valence-electron chi connectivity index (χ1n) is 7.91. The van der Waals surface area contributed by atoms with Crippen molar-refractivity contribution < 1.29 is 9.21 Å². The molecule has 6 heteroatoms. The zero-order valence-electron chi connectivity index (χ0n) is 14.3. The van der Waals surface area contributed by atoms with Crippen LogP contribution in [0.15, 0.2) is 64.0 Å². The number of nitrogens with one attached hydrogen (secondary N) is 1. The van der Waals surface area contributed by atoms with Crippen LogP contribution in [0, 0.1) is 6.92 Å². The Morgan fingerprint density at radius 2 is 1.88 bits per heavy atom. The van der Waals surface area contributed by atoms with Crippen LogP contribution >= 0.6 is 0 Å². The van der Waals surface area contributed by atoms with E-state index in [0.717, 1.165) is 5.56 Å². The van der Waals surface area contributed by atoms with Crippen LogP contribution in [-0.4, -0.2) is 15.7 Å². The third kappa shape index (κ3) is 3.24.